The number of allylic oxidation sites excluding steroid dienone is 1. The normalized spacial score (nSPS) is 38.2. The van der Waals surface area contributed by atoms with Crippen LogP contribution in [0.25, 0.3) is 0 Å². The van der Waals surface area contributed by atoms with E-state index in [2.05, 4.69) is 38.7 Å². The van der Waals surface area contributed by atoms with E-state index in [9.17, 15) is 9.59 Å². The Morgan fingerprint density at radius 1 is 1.03 bits per heavy atom. The Morgan fingerprint density at radius 3 is 2.54 bits per heavy atom. The molecule has 4 rings (SSSR count). The van der Waals surface area contributed by atoms with Crippen LogP contribution in [0.15, 0.2) is 11.6 Å². The fourth-order valence-corrected chi connectivity index (χ4v) is 8.75. The van der Waals surface area contributed by atoms with E-state index in [-0.39, 0.29) is 30.3 Å². The second-order valence-corrected chi connectivity index (χ2v) is 13.1. The first-order chi connectivity index (χ1) is 16.7. The van der Waals surface area contributed by atoms with Crippen molar-refractivity contribution in [3.8, 4) is 0 Å². The molecule has 0 spiro atoms. The van der Waals surface area contributed by atoms with Crippen LogP contribution in [0, 0.1) is 40.4 Å². The predicted molar refractivity (Wildman–Crippen MR) is 136 cm³/mol. The number of esters is 1. The van der Waals surface area contributed by atoms with Crippen molar-refractivity contribution in [2.45, 2.75) is 124 Å². The predicted octanol–water partition coefficient (Wildman–Crippen LogP) is 7.49. The zero-order valence-electron chi connectivity index (χ0n) is 22.5. The summed E-state index contributed by atoms with van der Waals surface area (Å²) in [7, 11) is 0. The molecule has 5 heteroatoms. The van der Waals surface area contributed by atoms with E-state index in [0.717, 1.165) is 48.9 Å². The molecule has 198 valence electrons. The fraction of sp³-hybridized carbons (Fsp3) is 0.867. The maximum atomic E-state index is 12.2. The van der Waals surface area contributed by atoms with Crippen molar-refractivity contribution in [1.82, 2.24) is 0 Å². The summed E-state index contributed by atoms with van der Waals surface area (Å²) in [6.45, 7) is 9.81. The standard InChI is InChI=1S/C30H48O5/c1-20(2)7-5-6-8-21-10-12-25-24-11-9-22-19-23(34-27(31)13-14-28(32)35-33)15-17-30(22,4)26(24)16-18-29(21,25)3/h9,20-21,23-26,33H,5-8,10-19H2,1-4H3. The molecule has 1 N–H and O–H groups in total. The first kappa shape index (κ1) is 26.7. The molecule has 3 fully saturated rings. The van der Waals surface area contributed by atoms with E-state index < -0.39 is 5.97 Å². The summed E-state index contributed by atoms with van der Waals surface area (Å²) in [5, 5.41) is 8.37. The first-order valence-electron chi connectivity index (χ1n) is 14.4. The molecule has 7 unspecified atom stereocenters. The Balaban J connectivity index is 1.36. The van der Waals surface area contributed by atoms with E-state index >= 15 is 0 Å². The topological polar surface area (TPSA) is 72.8 Å². The van der Waals surface area contributed by atoms with Gasteiger partial charge in [0.05, 0.1) is 12.8 Å². The smallest absolute Gasteiger partial charge is 0.342 e. The highest BCUT2D eigenvalue weighted by atomic mass is 17.1. The average molecular weight is 489 g/mol. The molecular formula is C30H48O5. The summed E-state index contributed by atoms with van der Waals surface area (Å²) in [5.74, 6) is 3.00. The van der Waals surface area contributed by atoms with Gasteiger partial charge in [-0.2, -0.15) is 5.26 Å². The average Bonchev–Trinajstić information content (AvgIpc) is 3.16. The summed E-state index contributed by atoms with van der Waals surface area (Å²) in [5.41, 5.74) is 2.27. The van der Waals surface area contributed by atoms with Crippen molar-refractivity contribution in [2.24, 2.45) is 40.4 Å². The third-order valence-corrected chi connectivity index (χ3v) is 10.8. The lowest BCUT2D eigenvalue weighted by Crippen LogP contribution is -2.50. The molecule has 0 heterocycles. The van der Waals surface area contributed by atoms with Crippen LogP contribution in [0.2, 0.25) is 0 Å². The molecule has 4 aliphatic carbocycles. The molecule has 0 bridgehead atoms. The quantitative estimate of drug-likeness (QED) is 0.120. The van der Waals surface area contributed by atoms with Crippen molar-refractivity contribution in [3.05, 3.63) is 11.6 Å². The summed E-state index contributed by atoms with van der Waals surface area (Å²) in [6, 6.07) is 0. The van der Waals surface area contributed by atoms with Crippen LogP contribution in [-0.4, -0.2) is 23.3 Å². The number of hydrogen-bond donors (Lipinski definition) is 1. The van der Waals surface area contributed by atoms with Gasteiger partial charge in [-0.25, -0.2) is 4.79 Å². The number of unbranched alkanes of at least 4 members (excludes halogenated alkanes) is 1. The third kappa shape index (κ3) is 5.50. The van der Waals surface area contributed by atoms with E-state index in [1.54, 1.807) is 0 Å². The van der Waals surface area contributed by atoms with Crippen molar-refractivity contribution in [2.75, 3.05) is 0 Å². The van der Waals surface area contributed by atoms with Gasteiger partial charge < -0.3 is 9.62 Å². The Hall–Kier alpha value is -1.36. The van der Waals surface area contributed by atoms with E-state index in [1.165, 1.54) is 63.4 Å². The van der Waals surface area contributed by atoms with Gasteiger partial charge >= 0.3 is 11.9 Å². The monoisotopic (exact) mass is 488 g/mol. The van der Waals surface area contributed by atoms with Crippen LogP contribution < -0.4 is 0 Å². The van der Waals surface area contributed by atoms with E-state index in [4.69, 9.17) is 9.99 Å². The molecule has 0 aliphatic heterocycles. The maximum absolute atomic E-state index is 12.2. The SMILES string of the molecule is CC(C)CCCCC1CCC2C3CC=C4CC(OC(=O)CCC(=O)OO)CCC4(C)C3CCC12C. The minimum absolute atomic E-state index is 0.0458. The van der Waals surface area contributed by atoms with Gasteiger partial charge in [-0.1, -0.05) is 58.6 Å². The highest BCUT2D eigenvalue weighted by molar-refractivity contribution is 5.77. The zero-order chi connectivity index (χ0) is 25.2. The minimum Gasteiger partial charge on any atom is -0.462 e. The van der Waals surface area contributed by atoms with E-state index in [0.29, 0.717) is 5.41 Å². The minimum atomic E-state index is -0.798. The van der Waals surface area contributed by atoms with Gasteiger partial charge in [0.15, 0.2) is 0 Å². The second-order valence-electron chi connectivity index (χ2n) is 13.1. The number of fused-ring (bicyclic) bond motifs is 5. The van der Waals surface area contributed by atoms with E-state index in [1.807, 2.05) is 0 Å². The van der Waals surface area contributed by atoms with Gasteiger partial charge in [-0.15, -0.1) is 0 Å². The summed E-state index contributed by atoms with van der Waals surface area (Å²) in [4.78, 5) is 26.9. The molecule has 0 aromatic carbocycles. The zero-order valence-corrected chi connectivity index (χ0v) is 22.5. The molecule has 5 nitrogen and oxygen atoms in total. The molecule has 7 atom stereocenters. The molecule has 0 radical (unpaired) electrons. The highest BCUT2D eigenvalue weighted by Crippen LogP contribution is 2.66. The third-order valence-electron chi connectivity index (χ3n) is 10.8. The lowest BCUT2D eigenvalue weighted by Gasteiger charge is -2.58. The Morgan fingerprint density at radius 2 is 1.80 bits per heavy atom. The van der Waals surface area contributed by atoms with Gasteiger partial charge in [0.1, 0.15) is 6.10 Å². The molecule has 4 aliphatic rings. The molecule has 0 amide bonds. The fourth-order valence-electron chi connectivity index (χ4n) is 8.75. The van der Waals surface area contributed by atoms with Crippen LogP contribution in [0.4, 0.5) is 0 Å². The van der Waals surface area contributed by atoms with Crippen LogP contribution in [0.5, 0.6) is 0 Å². The van der Waals surface area contributed by atoms with Crippen LogP contribution in [0.3, 0.4) is 0 Å². The van der Waals surface area contributed by atoms with Crippen LogP contribution >= 0.6 is 0 Å². The maximum Gasteiger partial charge on any atom is 0.342 e. The number of ether oxygens (including phenoxy) is 1. The Labute approximate surface area is 212 Å². The highest BCUT2D eigenvalue weighted by Gasteiger charge is 2.58. The number of hydrogen-bond acceptors (Lipinski definition) is 5. The Kier molecular flexibility index (Phi) is 8.35. The summed E-state index contributed by atoms with van der Waals surface area (Å²) in [6.07, 6.45) is 17.4. The molecular weight excluding hydrogens is 440 g/mol. The van der Waals surface area contributed by atoms with Crippen molar-refractivity contribution < 1.29 is 24.5 Å². The molecule has 3 saturated carbocycles. The van der Waals surface area contributed by atoms with Crippen molar-refractivity contribution in [1.29, 1.82) is 0 Å². The Bertz CT molecular complexity index is 803. The van der Waals surface area contributed by atoms with Gasteiger partial charge in [-0.3, -0.25) is 4.79 Å². The molecule has 0 saturated heterocycles. The van der Waals surface area contributed by atoms with Crippen LogP contribution in [-0.2, 0) is 19.2 Å². The lowest BCUT2D eigenvalue weighted by atomic mass is 9.47. The molecule has 35 heavy (non-hydrogen) atoms. The van der Waals surface area contributed by atoms with Crippen molar-refractivity contribution >= 4 is 11.9 Å². The molecule has 0 aromatic heterocycles. The summed E-state index contributed by atoms with van der Waals surface area (Å²) < 4.78 is 5.71. The summed E-state index contributed by atoms with van der Waals surface area (Å²) >= 11 is 0. The van der Waals surface area contributed by atoms with Gasteiger partial charge in [0, 0.05) is 6.42 Å². The van der Waals surface area contributed by atoms with Crippen molar-refractivity contribution in [3.63, 3.8) is 0 Å². The van der Waals surface area contributed by atoms with Gasteiger partial charge in [0.2, 0.25) is 0 Å². The number of rotatable bonds is 9. The number of carbonyl (C=O) groups excluding carboxylic acids is 2. The first-order valence-corrected chi connectivity index (χ1v) is 14.4. The second kappa shape index (κ2) is 10.9. The van der Waals surface area contributed by atoms with Gasteiger partial charge in [-0.05, 0) is 91.8 Å². The van der Waals surface area contributed by atoms with Crippen LogP contribution in [0.1, 0.15) is 118 Å². The number of carbonyl (C=O) groups is 2. The molecule has 0 aromatic rings. The lowest BCUT2D eigenvalue weighted by molar-refractivity contribution is -0.234. The largest absolute Gasteiger partial charge is 0.462 e. The van der Waals surface area contributed by atoms with Gasteiger partial charge in [0.25, 0.3) is 0 Å².